The van der Waals surface area contributed by atoms with Crippen molar-refractivity contribution in [3.8, 4) is 22.6 Å². The minimum Gasteiger partial charge on any atom is -0.492 e. The molecule has 5 rings (SSSR count). The third-order valence-corrected chi connectivity index (χ3v) is 6.78. The summed E-state index contributed by atoms with van der Waals surface area (Å²) >= 11 is 0. The zero-order chi connectivity index (χ0) is 22.4. The van der Waals surface area contributed by atoms with E-state index in [0.29, 0.717) is 13.0 Å². The summed E-state index contributed by atoms with van der Waals surface area (Å²) in [6.07, 6.45) is 2.25. The summed E-state index contributed by atoms with van der Waals surface area (Å²) in [7, 11) is 3.41. The quantitative estimate of drug-likeness (QED) is 0.542. The first-order chi connectivity index (χ1) is 15.5. The molecule has 0 spiro atoms. The zero-order valence-electron chi connectivity index (χ0n) is 19.0. The second-order valence-corrected chi connectivity index (χ2v) is 8.68. The van der Waals surface area contributed by atoms with E-state index < -0.39 is 0 Å². The van der Waals surface area contributed by atoms with Crippen molar-refractivity contribution in [2.45, 2.75) is 45.1 Å². The van der Waals surface area contributed by atoms with Gasteiger partial charge in [0.2, 0.25) is 0 Å². The highest BCUT2D eigenvalue weighted by molar-refractivity contribution is 5.74. The van der Waals surface area contributed by atoms with Gasteiger partial charge in [0.1, 0.15) is 17.6 Å². The SMILES string of the molecule is COC(=O)C[C@@H]1COc2cc(O[C@@H]3CCc4c(-c5c(C)nn(C)c5C)cccc43)ccc21. The lowest BCUT2D eigenvalue weighted by molar-refractivity contribution is -0.141. The van der Waals surface area contributed by atoms with Gasteiger partial charge in [-0.2, -0.15) is 5.10 Å². The Morgan fingerprint density at radius 3 is 2.81 bits per heavy atom. The molecule has 2 aromatic carbocycles. The topological polar surface area (TPSA) is 62.6 Å². The number of carbonyl (C=O) groups excluding carboxylic acids is 1. The fourth-order valence-electron chi connectivity index (χ4n) is 5.08. The minimum absolute atomic E-state index is 0.00699. The van der Waals surface area contributed by atoms with Crippen LogP contribution in [0.1, 0.15) is 52.9 Å². The molecule has 1 aliphatic carbocycles. The van der Waals surface area contributed by atoms with Crippen molar-refractivity contribution in [3.63, 3.8) is 0 Å². The molecule has 3 aromatic rings. The van der Waals surface area contributed by atoms with E-state index in [-0.39, 0.29) is 18.0 Å². The van der Waals surface area contributed by atoms with Crippen LogP contribution in [0.5, 0.6) is 11.5 Å². The van der Waals surface area contributed by atoms with Gasteiger partial charge in [-0.1, -0.05) is 24.3 Å². The molecule has 6 heteroatoms. The smallest absolute Gasteiger partial charge is 0.306 e. The molecule has 166 valence electrons. The summed E-state index contributed by atoms with van der Waals surface area (Å²) in [6, 6.07) is 12.4. The summed E-state index contributed by atoms with van der Waals surface area (Å²) in [5, 5.41) is 4.60. The van der Waals surface area contributed by atoms with Gasteiger partial charge in [0.05, 0.1) is 25.8 Å². The molecular formula is C26H28N2O4. The number of esters is 1. The fraction of sp³-hybridized carbons (Fsp3) is 0.385. The number of benzene rings is 2. The molecule has 0 saturated heterocycles. The molecule has 1 aromatic heterocycles. The van der Waals surface area contributed by atoms with Crippen molar-refractivity contribution in [1.82, 2.24) is 9.78 Å². The monoisotopic (exact) mass is 432 g/mol. The van der Waals surface area contributed by atoms with Crippen molar-refractivity contribution in [1.29, 1.82) is 0 Å². The Balaban J connectivity index is 1.39. The van der Waals surface area contributed by atoms with Gasteiger partial charge in [-0.25, -0.2) is 0 Å². The molecule has 0 fully saturated rings. The van der Waals surface area contributed by atoms with Crippen LogP contribution in [-0.2, 0) is 23.0 Å². The number of rotatable bonds is 5. The van der Waals surface area contributed by atoms with Crippen LogP contribution in [-0.4, -0.2) is 29.5 Å². The zero-order valence-corrected chi connectivity index (χ0v) is 19.0. The fourth-order valence-corrected chi connectivity index (χ4v) is 5.08. The predicted molar refractivity (Wildman–Crippen MR) is 121 cm³/mol. The largest absolute Gasteiger partial charge is 0.492 e. The molecule has 2 aliphatic rings. The average molecular weight is 433 g/mol. The van der Waals surface area contributed by atoms with Crippen LogP contribution in [0.15, 0.2) is 36.4 Å². The van der Waals surface area contributed by atoms with E-state index in [2.05, 4.69) is 37.1 Å². The Kier molecular flexibility index (Phi) is 5.16. The van der Waals surface area contributed by atoms with Crippen LogP contribution >= 0.6 is 0 Å². The van der Waals surface area contributed by atoms with Crippen molar-refractivity contribution in [2.24, 2.45) is 7.05 Å². The number of ether oxygens (including phenoxy) is 3. The van der Waals surface area contributed by atoms with Gasteiger partial charge in [0.15, 0.2) is 0 Å². The van der Waals surface area contributed by atoms with Crippen LogP contribution in [0.4, 0.5) is 0 Å². The number of hydrogen-bond donors (Lipinski definition) is 0. The third kappa shape index (κ3) is 3.44. The van der Waals surface area contributed by atoms with E-state index in [1.54, 1.807) is 0 Å². The lowest BCUT2D eigenvalue weighted by atomic mass is 9.95. The summed E-state index contributed by atoms with van der Waals surface area (Å²) in [4.78, 5) is 11.7. The molecule has 0 saturated carbocycles. The van der Waals surface area contributed by atoms with Crippen molar-refractivity contribution in [3.05, 3.63) is 64.5 Å². The van der Waals surface area contributed by atoms with Crippen molar-refractivity contribution < 1.29 is 19.0 Å². The van der Waals surface area contributed by atoms with E-state index in [9.17, 15) is 4.79 Å². The lowest BCUT2D eigenvalue weighted by Gasteiger charge is -2.17. The summed E-state index contributed by atoms with van der Waals surface area (Å²) in [6.45, 7) is 4.69. The Morgan fingerprint density at radius 2 is 2.06 bits per heavy atom. The summed E-state index contributed by atoms with van der Waals surface area (Å²) in [5.41, 5.74) is 8.37. The molecule has 6 nitrogen and oxygen atoms in total. The Bertz CT molecular complexity index is 1200. The Hall–Kier alpha value is -3.28. The third-order valence-electron chi connectivity index (χ3n) is 6.78. The first kappa shape index (κ1) is 20.6. The van der Waals surface area contributed by atoms with Gasteiger partial charge in [0.25, 0.3) is 0 Å². The number of methoxy groups -OCH3 is 1. The van der Waals surface area contributed by atoms with Crippen LogP contribution < -0.4 is 9.47 Å². The highest BCUT2D eigenvalue weighted by atomic mass is 16.5. The van der Waals surface area contributed by atoms with Gasteiger partial charge in [-0.3, -0.25) is 9.48 Å². The Labute approximate surface area is 188 Å². The summed E-state index contributed by atoms with van der Waals surface area (Å²) in [5.74, 6) is 1.40. The normalized spacial score (nSPS) is 18.8. The van der Waals surface area contributed by atoms with E-state index in [4.69, 9.17) is 14.2 Å². The standard InChI is InChI=1S/C26H28N2O4/c1-15-26(16(2)28(3)27-15)22-7-5-6-21-20(22)10-11-23(21)32-18-8-9-19-17(12-25(29)30-4)14-31-24(19)13-18/h5-9,13,17,23H,10-12,14H2,1-4H3/t17-,23-/m1/s1. The molecule has 0 amide bonds. The molecular weight excluding hydrogens is 404 g/mol. The van der Waals surface area contributed by atoms with Crippen LogP contribution in [0.3, 0.4) is 0 Å². The molecule has 2 atom stereocenters. The van der Waals surface area contributed by atoms with Crippen LogP contribution in [0, 0.1) is 13.8 Å². The van der Waals surface area contributed by atoms with Gasteiger partial charge < -0.3 is 14.2 Å². The average Bonchev–Trinajstić information content (AvgIpc) is 3.44. The first-order valence-corrected chi connectivity index (χ1v) is 11.1. The molecule has 32 heavy (non-hydrogen) atoms. The highest BCUT2D eigenvalue weighted by Crippen LogP contribution is 2.43. The van der Waals surface area contributed by atoms with Crippen molar-refractivity contribution in [2.75, 3.05) is 13.7 Å². The molecule has 0 N–H and O–H groups in total. The first-order valence-electron chi connectivity index (χ1n) is 11.1. The Morgan fingerprint density at radius 1 is 1.22 bits per heavy atom. The van der Waals surface area contributed by atoms with Gasteiger partial charge in [0, 0.05) is 35.9 Å². The second kappa shape index (κ2) is 8.01. The number of fused-ring (bicyclic) bond motifs is 2. The maximum atomic E-state index is 11.7. The molecule has 1 aliphatic heterocycles. The maximum absolute atomic E-state index is 11.7. The predicted octanol–water partition coefficient (Wildman–Crippen LogP) is 4.81. The lowest BCUT2D eigenvalue weighted by Crippen LogP contribution is -2.09. The number of nitrogens with zero attached hydrogens (tertiary/aromatic N) is 2. The minimum atomic E-state index is -0.218. The maximum Gasteiger partial charge on any atom is 0.306 e. The summed E-state index contributed by atoms with van der Waals surface area (Å²) < 4.78 is 19.0. The van der Waals surface area contributed by atoms with Gasteiger partial charge in [-0.05, 0) is 49.4 Å². The number of carbonyl (C=O) groups is 1. The van der Waals surface area contributed by atoms with Crippen LogP contribution in [0.2, 0.25) is 0 Å². The van der Waals surface area contributed by atoms with E-state index in [1.165, 1.54) is 35.1 Å². The number of aromatic nitrogens is 2. The van der Waals surface area contributed by atoms with E-state index in [1.807, 2.05) is 29.9 Å². The molecule has 2 heterocycles. The number of aryl methyl sites for hydroxylation is 2. The van der Waals surface area contributed by atoms with E-state index >= 15 is 0 Å². The van der Waals surface area contributed by atoms with E-state index in [0.717, 1.165) is 35.6 Å². The van der Waals surface area contributed by atoms with Crippen molar-refractivity contribution >= 4 is 5.97 Å². The van der Waals surface area contributed by atoms with Crippen LogP contribution in [0.25, 0.3) is 11.1 Å². The second-order valence-electron chi connectivity index (χ2n) is 8.68. The molecule has 0 unspecified atom stereocenters. The highest BCUT2D eigenvalue weighted by Gasteiger charge is 2.30. The number of hydrogen-bond acceptors (Lipinski definition) is 5. The molecule has 0 bridgehead atoms. The molecule has 0 radical (unpaired) electrons. The van der Waals surface area contributed by atoms with Gasteiger partial charge >= 0.3 is 5.97 Å². The van der Waals surface area contributed by atoms with Gasteiger partial charge in [-0.15, -0.1) is 0 Å².